The minimum atomic E-state index is -2.60. The zero-order valence-corrected chi connectivity index (χ0v) is 12.2. The van der Waals surface area contributed by atoms with Crippen molar-refractivity contribution in [3.8, 4) is 0 Å². The maximum Gasteiger partial charge on any atom is 0.596 e. The van der Waals surface area contributed by atoms with Crippen molar-refractivity contribution >= 4 is 8.97 Å². The predicted octanol–water partition coefficient (Wildman–Crippen LogP) is 2.31. The highest BCUT2D eigenvalue weighted by Gasteiger charge is 2.41. The van der Waals surface area contributed by atoms with Crippen LogP contribution in [0.15, 0.2) is 0 Å². The summed E-state index contributed by atoms with van der Waals surface area (Å²) in [6.45, 7) is 11.0. The fourth-order valence-electron chi connectivity index (χ4n) is 1.29. The first-order chi connectivity index (χ1) is 7.74. The average molecular weight is 249 g/mol. The molecule has 0 unspecified atom stereocenters. The Morgan fingerprint density at radius 1 is 0.875 bits per heavy atom. The molecule has 0 saturated heterocycles. The van der Waals surface area contributed by atoms with Crippen LogP contribution in [0.5, 0.6) is 0 Å². The summed E-state index contributed by atoms with van der Waals surface area (Å²) < 4.78 is 17.2. The summed E-state index contributed by atoms with van der Waals surface area (Å²) in [4.78, 5) is 3.32. The summed E-state index contributed by atoms with van der Waals surface area (Å²) >= 11 is 0. The molecule has 4 nitrogen and oxygen atoms in total. The summed E-state index contributed by atoms with van der Waals surface area (Å²) in [5, 5.41) is 0. The second-order valence-corrected chi connectivity index (χ2v) is 5.88. The molecule has 0 aliphatic heterocycles. The molecule has 5 heteroatoms. The lowest BCUT2D eigenvalue weighted by atomic mass is 10.4. The lowest BCUT2D eigenvalue weighted by Gasteiger charge is -2.28. The van der Waals surface area contributed by atoms with Gasteiger partial charge in [-0.1, -0.05) is 20.3 Å². The summed E-state index contributed by atoms with van der Waals surface area (Å²) in [5.41, 5.74) is 0. The Bertz CT molecular complexity index is 152. The second kappa shape index (κ2) is 10.2. The molecule has 98 valence electrons. The molecule has 0 fully saturated rings. The number of hydrogen-bond acceptors (Lipinski definition) is 4. The predicted molar refractivity (Wildman–Crippen MR) is 68.2 cm³/mol. The van der Waals surface area contributed by atoms with E-state index in [0.717, 1.165) is 25.8 Å². The molecule has 1 N–H and O–H groups in total. The van der Waals surface area contributed by atoms with Gasteiger partial charge in [0.15, 0.2) is 0 Å². The van der Waals surface area contributed by atoms with Crippen LogP contribution in [0.2, 0.25) is 0 Å². The van der Waals surface area contributed by atoms with Gasteiger partial charge in [-0.05, 0) is 33.2 Å². The molecule has 16 heavy (non-hydrogen) atoms. The summed E-state index contributed by atoms with van der Waals surface area (Å²) in [6, 6.07) is 0. The third-order valence-electron chi connectivity index (χ3n) is 2.05. The smallest absolute Gasteiger partial charge is 0.361 e. The van der Waals surface area contributed by atoms with Crippen molar-refractivity contribution in [2.45, 2.75) is 47.0 Å². The Kier molecular flexibility index (Phi) is 10.3. The molecule has 0 radical (unpaired) electrons. The van der Waals surface area contributed by atoms with Gasteiger partial charge in [0.25, 0.3) is 0 Å². The molecule has 0 aliphatic rings. The average Bonchev–Trinajstić information content (AvgIpc) is 2.27. The van der Waals surface area contributed by atoms with Crippen LogP contribution < -0.4 is 4.98 Å². The highest BCUT2D eigenvalue weighted by atomic mass is 28.4. The number of rotatable bonds is 11. The Labute approximate surface area is 101 Å². The molecule has 0 aromatic carbocycles. The Morgan fingerprint density at radius 2 is 1.50 bits per heavy atom. The van der Waals surface area contributed by atoms with Gasteiger partial charge in [-0.3, -0.25) is 4.98 Å². The number of nitrogens with one attached hydrogen (secondary N) is 1. The molecular weight excluding hydrogens is 222 g/mol. The standard InChI is InChI=1S/C11H27NO3Si/c1-5-9-11-15-16(13-7-3,14-8-4)12-10-6-2/h12H,5-11H2,1-4H3. The minimum absolute atomic E-state index is 0.620. The molecule has 0 amide bonds. The van der Waals surface area contributed by atoms with Gasteiger partial charge in [0, 0.05) is 19.8 Å². The van der Waals surface area contributed by atoms with Crippen molar-refractivity contribution in [1.29, 1.82) is 0 Å². The van der Waals surface area contributed by atoms with E-state index in [1.165, 1.54) is 0 Å². The van der Waals surface area contributed by atoms with Gasteiger partial charge in [0.05, 0.1) is 0 Å². The van der Waals surface area contributed by atoms with E-state index in [0.29, 0.717) is 19.8 Å². The van der Waals surface area contributed by atoms with Crippen LogP contribution in [0.4, 0.5) is 0 Å². The van der Waals surface area contributed by atoms with E-state index in [1.54, 1.807) is 0 Å². The van der Waals surface area contributed by atoms with E-state index in [1.807, 2.05) is 13.8 Å². The van der Waals surface area contributed by atoms with Crippen LogP contribution in [-0.2, 0) is 13.3 Å². The quantitative estimate of drug-likeness (QED) is 0.450. The van der Waals surface area contributed by atoms with Crippen molar-refractivity contribution in [3.63, 3.8) is 0 Å². The largest absolute Gasteiger partial charge is 0.596 e. The Balaban J connectivity index is 4.24. The van der Waals surface area contributed by atoms with Crippen LogP contribution in [-0.4, -0.2) is 35.3 Å². The van der Waals surface area contributed by atoms with E-state index in [-0.39, 0.29) is 0 Å². The first-order valence-electron chi connectivity index (χ1n) is 6.41. The van der Waals surface area contributed by atoms with Crippen molar-refractivity contribution in [2.24, 2.45) is 0 Å². The van der Waals surface area contributed by atoms with Crippen molar-refractivity contribution in [1.82, 2.24) is 4.98 Å². The molecule has 0 aromatic rings. The van der Waals surface area contributed by atoms with Crippen LogP contribution in [0.3, 0.4) is 0 Å². The normalized spacial score (nSPS) is 12.0. The van der Waals surface area contributed by atoms with Crippen molar-refractivity contribution in [3.05, 3.63) is 0 Å². The molecule has 0 saturated carbocycles. The zero-order valence-electron chi connectivity index (χ0n) is 11.2. The maximum atomic E-state index is 5.84. The van der Waals surface area contributed by atoms with Gasteiger partial charge in [0.1, 0.15) is 0 Å². The summed E-state index contributed by atoms with van der Waals surface area (Å²) in [6.07, 6.45) is 3.21. The van der Waals surface area contributed by atoms with E-state index in [4.69, 9.17) is 13.3 Å². The van der Waals surface area contributed by atoms with Gasteiger partial charge in [-0.15, -0.1) is 0 Å². The second-order valence-electron chi connectivity index (χ2n) is 3.55. The lowest BCUT2D eigenvalue weighted by molar-refractivity contribution is 0.0550. The highest BCUT2D eigenvalue weighted by molar-refractivity contribution is 6.57. The summed E-state index contributed by atoms with van der Waals surface area (Å²) in [7, 11) is -2.60. The van der Waals surface area contributed by atoms with E-state index in [9.17, 15) is 0 Å². The SMILES string of the molecule is CCCCO[Si](NCCC)(OCC)OCC. The summed E-state index contributed by atoms with van der Waals surface area (Å²) in [5.74, 6) is 0. The Morgan fingerprint density at radius 3 is 1.94 bits per heavy atom. The highest BCUT2D eigenvalue weighted by Crippen LogP contribution is 2.07. The maximum absolute atomic E-state index is 5.84. The van der Waals surface area contributed by atoms with E-state index in [2.05, 4.69) is 18.8 Å². The first kappa shape index (κ1) is 16.1. The molecule has 0 bridgehead atoms. The molecule has 0 aromatic heterocycles. The van der Waals surface area contributed by atoms with Crippen molar-refractivity contribution in [2.75, 3.05) is 26.4 Å². The number of unbranched alkanes of at least 4 members (excludes halogenated alkanes) is 1. The van der Waals surface area contributed by atoms with Crippen LogP contribution in [0, 0.1) is 0 Å². The van der Waals surface area contributed by atoms with Gasteiger partial charge < -0.3 is 13.3 Å². The van der Waals surface area contributed by atoms with Crippen LogP contribution in [0.25, 0.3) is 0 Å². The molecule has 0 atom stereocenters. The van der Waals surface area contributed by atoms with Crippen molar-refractivity contribution < 1.29 is 13.3 Å². The monoisotopic (exact) mass is 249 g/mol. The number of hydrogen-bond donors (Lipinski definition) is 1. The van der Waals surface area contributed by atoms with Crippen LogP contribution >= 0.6 is 0 Å². The first-order valence-corrected chi connectivity index (χ1v) is 8.14. The van der Waals surface area contributed by atoms with Gasteiger partial charge in [-0.25, -0.2) is 0 Å². The molecule has 0 aliphatic carbocycles. The fourth-order valence-corrected chi connectivity index (χ4v) is 3.57. The molecule has 0 rings (SSSR count). The topological polar surface area (TPSA) is 39.7 Å². The Hall–Kier alpha value is 0.0569. The lowest BCUT2D eigenvalue weighted by Crippen LogP contribution is -2.59. The fraction of sp³-hybridized carbons (Fsp3) is 1.00. The van der Waals surface area contributed by atoms with Crippen LogP contribution in [0.1, 0.15) is 47.0 Å². The van der Waals surface area contributed by atoms with Gasteiger partial charge in [0.2, 0.25) is 0 Å². The molecular formula is C11H27NO3Si. The third kappa shape index (κ3) is 6.60. The van der Waals surface area contributed by atoms with Gasteiger partial charge in [-0.2, -0.15) is 0 Å². The van der Waals surface area contributed by atoms with E-state index >= 15 is 0 Å². The zero-order chi connectivity index (χ0) is 12.3. The molecule has 0 spiro atoms. The third-order valence-corrected chi connectivity index (χ3v) is 4.65. The minimum Gasteiger partial charge on any atom is -0.361 e. The van der Waals surface area contributed by atoms with E-state index < -0.39 is 8.97 Å². The van der Waals surface area contributed by atoms with Gasteiger partial charge >= 0.3 is 8.97 Å². The molecule has 0 heterocycles.